The summed E-state index contributed by atoms with van der Waals surface area (Å²) in [7, 11) is 0. The zero-order valence-electron chi connectivity index (χ0n) is 20.5. The van der Waals surface area contributed by atoms with E-state index in [1.165, 1.54) is 11.1 Å². The summed E-state index contributed by atoms with van der Waals surface area (Å²) >= 11 is 0. The molecule has 1 aliphatic heterocycles. The highest BCUT2D eigenvalue weighted by atomic mass is 16.6. The van der Waals surface area contributed by atoms with Crippen LogP contribution >= 0.6 is 0 Å². The predicted molar refractivity (Wildman–Crippen MR) is 131 cm³/mol. The van der Waals surface area contributed by atoms with E-state index in [9.17, 15) is 0 Å². The Morgan fingerprint density at radius 1 is 1.12 bits per heavy atom. The molecule has 0 saturated carbocycles. The third-order valence-electron chi connectivity index (χ3n) is 5.73. The SMILES string of the molecule is C#CCOC1C(OC(C)C)c2cc(NCc3ccc(C(C)(C)C)cc3)ccc2OC1(C)C. The zero-order valence-corrected chi connectivity index (χ0v) is 20.5. The summed E-state index contributed by atoms with van der Waals surface area (Å²) in [4.78, 5) is 0. The Morgan fingerprint density at radius 3 is 2.41 bits per heavy atom. The van der Waals surface area contributed by atoms with Crippen molar-refractivity contribution in [3.05, 3.63) is 59.2 Å². The minimum absolute atomic E-state index is 0.0385. The van der Waals surface area contributed by atoms with Gasteiger partial charge in [-0.05, 0) is 62.4 Å². The fourth-order valence-electron chi connectivity index (χ4n) is 4.03. The van der Waals surface area contributed by atoms with Gasteiger partial charge in [-0.25, -0.2) is 0 Å². The lowest BCUT2D eigenvalue weighted by Gasteiger charge is -2.44. The van der Waals surface area contributed by atoms with Crippen molar-refractivity contribution < 1.29 is 14.2 Å². The minimum Gasteiger partial charge on any atom is -0.485 e. The minimum atomic E-state index is -0.562. The predicted octanol–water partition coefficient (Wildman–Crippen LogP) is 6.25. The smallest absolute Gasteiger partial charge is 0.132 e. The van der Waals surface area contributed by atoms with E-state index in [0.29, 0.717) is 0 Å². The van der Waals surface area contributed by atoms with Crippen molar-refractivity contribution in [2.45, 2.75) is 84.3 Å². The number of fused-ring (bicyclic) bond motifs is 1. The first-order valence-electron chi connectivity index (χ1n) is 11.4. The van der Waals surface area contributed by atoms with Gasteiger partial charge in [-0.3, -0.25) is 0 Å². The molecular formula is C28H37NO3. The van der Waals surface area contributed by atoms with Gasteiger partial charge in [-0.1, -0.05) is 51.0 Å². The molecule has 2 atom stereocenters. The highest BCUT2D eigenvalue weighted by Crippen LogP contribution is 2.44. The standard InChI is InChI=1S/C28H37NO3/c1-9-16-30-26-25(31-19(2)3)23-17-22(14-15-24(23)32-28(26,7)8)29-18-20-10-12-21(13-11-20)27(4,5)6/h1,10-15,17,19,25-26,29H,16,18H2,2-8H3. The molecule has 0 aliphatic carbocycles. The molecule has 0 bridgehead atoms. The van der Waals surface area contributed by atoms with E-state index in [1.807, 2.05) is 39.8 Å². The van der Waals surface area contributed by atoms with Crippen LogP contribution in [0.4, 0.5) is 5.69 Å². The van der Waals surface area contributed by atoms with E-state index < -0.39 is 5.60 Å². The number of hydrogen-bond donors (Lipinski definition) is 1. The molecule has 0 saturated heterocycles. The van der Waals surface area contributed by atoms with Gasteiger partial charge in [0.15, 0.2) is 0 Å². The number of terminal acetylenes is 1. The Balaban J connectivity index is 1.82. The Labute approximate surface area is 193 Å². The molecule has 2 unspecified atom stereocenters. The molecule has 172 valence electrons. The monoisotopic (exact) mass is 435 g/mol. The summed E-state index contributed by atoms with van der Waals surface area (Å²) in [6, 6.07) is 15.0. The second kappa shape index (κ2) is 9.57. The van der Waals surface area contributed by atoms with E-state index in [-0.39, 0.29) is 30.3 Å². The molecule has 1 N–H and O–H groups in total. The van der Waals surface area contributed by atoms with Crippen molar-refractivity contribution in [1.82, 2.24) is 0 Å². The molecule has 0 amide bonds. The van der Waals surface area contributed by atoms with Crippen molar-refractivity contribution in [1.29, 1.82) is 0 Å². The molecule has 2 aromatic carbocycles. The van der Waals surface area contributed by atoms with Crippen LogP contribution in [-0.2, 0) is 21.4 Å². The second-order valence-corrected chi connectivity index (χ2v) is 10.3. The van der Waals surface area contributed by atoms with Crippen LogP contribution in [0.3, 0.4) is 0 Å². The summed E-state index contributed by atoms with van der Waals surface area (Å²) in [5.74, 6) is 3.39. The van der Waals surface area contributed by atoms with Crippen LogP contribution < -0.4 is 10.1 Å². The van der Waals surface area contributed by atoms with Crippen molar-refractivity contribution in [2.24, 2.45) is 0 Å². The van der Waals surface area contributed by atoms with E-state index in [0.717, 1.165) is 23.5 Å². The number of rotatable bonds is 7. The van der Waals surface area contributed by atoms with E-state index >= 15 is 0 Å². The van der Waals surface area contributed by atoms with Crippen LogP contribution in [0.25, 0.3) is 0 Å². The van der Waals surface area contributed by atoms with Crippen molar-refractivity contribution >= 4 is 5.69 Å². The molecule has 0 spiro atoms. The van der Waals surface area contributed by atoms with Crippen LogP contribution in [0.15, 0.2) is 42.5 Å². The van der Waals surface area contributed by atoms with Crippen molar-refractivity contribution in [2.75, 3.05) is 11.9 Å². The number of anilines is 1. The van der Waals surface area contributed by atoms with Crippen LogP contribution in [0.5, 0.6) is 5.75 Å². The summed E-state index contributed by atoms with van der Waals surface area (Å²) in [5, 5.41) is 3.54. The molecule has 0 fully saturated rings. The first-order chi connectivity index (χ1) is 15.0. The maximum absolute atomic E-state index is 6.32. The number of nitrogens with one attached hydrogen (secondary N) is 1. The maximum Gasteiger partial charge on any atom is 0.132 e. The molecule has 4 nitrogen and oxygen atoms in total. The molecule has 3 rings (SSSR count). The fourth-order valence-corrected chi connectivity index (χ4v) is 4.03. The lowest BCUT2D eigenvalue weighted by atomic mass is 9.87. The van der Waals surface area contributed by atoms with Crippen LogP contribution in [0, 0.1) is 12.3 Å². The Kier molecular flexibility index (Phi) is 7.22. The molecule has 1 heterocycles. The second-order valence-electron chi connectivity index (χ2n) is 10.3. The normalized spacial score (nSPS) is 19.7. The van der Waals surface area contributed by atoms with E-state index in [2.05, 4.69) is 62.3 Å². The summed E-state index contributed by atoms with van der Waals surface area (Å²) in [5.41, 5.74) is 4.16. The highest BCUT2D eigenvalue weighted by Gasteiger charge is 2.46. The largest absolute Gasteiger partial charge is 0.485 e. The Morgan fingerprint density at radius 2 is 1.81 bits per heavy atom. The molecular weight excluding hydrogens is 398 g/mol. The van der Waals surface area contributed by atoms with Gasteiger partial charge in [-0.2, -0.15) is 0 Å². The van der Waals surface area contributed by atoms with Crippen LogP contribution in [-0.4, -0.2) is 24.4 Å². The Bertz CT molecular complexity index is 948. The first kappa shape index (κ1) is 24.2. The van der Waals surface area contributed by atoms with Gasteiger partial charge < -0.3 is 19.5 Å². The van der Waals surface area contributed by atoms with Gasteiger partial charge in [-0.15, -0.1) is 6.42 Å². The van der Waals surface area contributed by atoms with Gasteiger partial charge in [0.05, 0.1) is 6.10 Å². The number of ether oxygens (including phenoxy) is 3. The Hall–Kier alpha value is -2.48. The van der Waals surface area contributed by atoms with Gasteiger partial charge in [0.1, 0.15) is 30.2 Å². The van der Waals surface area contributed by atoms with Crippen molar-refractivity contribution in [3.8, 4) is 18.1 Å². The first-order valence-corrected chi connectivity index (χ1v) is 11.4. The lowest BCUT2D eigenvalue weighted by Crippen LogP contribution is -2.51. The third kappa shape index (κ3) is 5.65. The summed E-state index contributed by atoms with van der Waals surface area (Å²) in [6.45, 7) is 15.7. The van der Waals surface area contributed by atoms with Crippen molar-refractivity contribution in [3.63, 3.8) is 0 Å². The topological polar surface area (TPSA) is 39.7 Å². The highest BCUT2D eigenvalue weighted by molar-refractivity contribution is 5.54. The number of benzene rings is 2. The molecule has 4 heteroatoms. The van der Waals surface area contributed by atoms with Gasteiger partial charge in [0, 0.05) is 17.8 Å². The zero-order chi connectivity index (χ0) is 23.5. The number of hydrogen-bond acceptors (Lipinski definition) is 4. The molecule has 0 radical (unpaired) electrons. The fraction of sp³-hybridized carbons (Fsp3) is 0.500. The van der Waals surface area contributed by atoms with Gasteiger partial charge in [0.25, 0.3) is 0 Å². The summed E-state index contributed by atoms with van der Waals surface area (Å²) < 4.78 is 18.6. The molecule has 0 aromatic heterocycles. The van der Waals surface area contributed by atoms with E-state index in [4.69, 9.17) is 20.6 Å². The van der Waals surface area contributed by atoms with Gasteiger partial charge >= 0.3 is 0 Å². The average molecular weight is 436 g/mol. The average Bonchev–Trinajstić information content (AvgIpc) is 2.71. The summed E-state index contributed by atoms with van der Waals surface area (Å²) in [6.07, 6.45) is 4.92. The molecule has 32 heavy (non-hydrogen) atoms. The lowest BCUT2D eigenvalue weighted by molar-refractivity contribution is -0.167. The van der Waals surface area contributed by atoms with Gasteiger partial charge in [0.2, 0.25) is 0 Å². The molecule has 1 aliphatic rings. The third-order valence-corrected chi connectivity index (χ3v) is 5.73. The van der Waals surface area contributed by atoms with E-state index in [1.54, 1.807) is 0 Å². The molecule has 2 aromatic rings. The quantitative estimate of drug-likeness (QED) is 0.522. The maximum atomic E-state index is 6.32. The van der Waals surface area contributed by atoms with Crippen LogP contribution in [0.2, 0.25) is 0 Å². The van der Waals surface area contributed by atoms with Crippen LogP contribution in [0.1, 0.15) is 71.3 Å².